The summed E-state index contributed by atoms with van der Waals surface area (Å²) in [6.07, 6.45) is 0. The van der Waals surface area contributed by atoms with Gasteiger partial charge in [-0.25, -0.2) is 0 Å². The zero-order chi connectivity index (χ0) is 13.9. The van der Waals surface area contributed by atoms with E-state index in [0.29, 0.717) is 18.1 Å². The first-order valence-electron chi connectivity index (χ1n) is 6.64. The van der Waals surface area contributed by atoms with Crippen LogP contribution < -0.4 is 11.1 Å². The first-order chi connectivity index (χ1) is 9.78. The first-order valence-corrected chi connectivity index (χ1v) is 7.02. The number of halogens is 1. The number of hydrogen-bond donors (Lipinski definition) is 2. The molecule has 1 unspecified atom stereocenters. The second-order valence-corrected chi connectivity index (χ2v) is 5.26. The average molecular weight is 286 g/mol. The SMILES string of the molecule is NCC1CN=C(c2ccccc2)c2cc(Cl)ccc2N1. The molecule has 1 aliphatic rings. The Morgan fingerprint density at radius 2 is 2.00 bits per heavy atom. The van der Waals surface area contributed by atoms with Gasteiger partial charge < -0.3 is 11.1 Å². The van der Waals surface area contributed by atoms with Gasteiger partial charge in [0.1, 0.15) is 0 Å². The smallest absolute Gasteiger partial charge is 0.0741 e. The van der Waals surface area contributed by atoms with E-state index in [1.165, 1.54) is 0 Å². The largest absolute Gasteiger partial charge is 0.379 e. The molecular formula is C16H16ClN3. The molecule has 1 aliphatic heterocycles. The Kier molecular flexibility index (Phi) is 3.72. The third-order valence-corrected chi connectivity index (χ3v) is 3.63. The van der Waals surface area contributed by atoms with Crippen molar-refractivity contribution in [2.24, 2.45) is 10.7 Å². The Bertz CT molecular complexity index is 637. The highest BCUT2D eigenvalue weighted by Crippen LogP contribution is 2.26. The molecule has 102 valence electrons. The molecule has 0 aromatic heterocycles. The predicted molar refractivity (Wildman–Crippen MR) is 84.9 cm³/mol. The van der Waals surface area contributed by atoms with E-state index in [9.17, 15) is 0 Å². The minimum atomic E-state index is 0.149. The fourth-order valence-electron chi connectivity index (χ4n) is 2.37. The maximum atomic E-state index is 6.15. The molecule has 0 fully saturated rings. The molecule has 0 amide bonds. The Balaban J connectivity index is 2.14. The summed E-state index contributed by atoms with van der Waals surface area (Å²) in [5, 5.41) is 4.15. The van der Waals surface area contributed by atoms with Crippen LogP contribution in [-0.4, -0.2) is 24.8 Å². The molecule has 3 N–H and O–H groups in total. The fraction of sp³-hybridized carbons (Fsp3) is 0.188. The van der Waals surface area contributed by atoms with Crippen LogP contribution in [0, 0.1) is 0 Å². The van der Waals surface area contributed by atoms with E-state index < -0.39 is 0 Å². The van der Waals surface area contributed by atoms with Crippen LogP contribution in [0.25, 0.3) is 0 Å². The number of benzodiazepines with no additional fused rings is 1. The van der Waals surface area contributed by atoms with E-state index in [0.717, 1.165) is 22.5 Å². The number of fused-ring (bicyclic) bond motifs is 1. The standard InChI is InChI=1S/C16H16ClN3/c17-12-6-7-15-14(8-12)16(11-4-2-1-3-5-11)19-10-13(9-18)20-15/h1-8,13,20H,9-10,18H2. The molecule has 0 radical (unpaired) electrons. The Morgan fingerprint density at radius 3 is 2.75 bits per heavy atom. The second-order valence-electron chi connectivity index (χ2n) is 4.82. The lowest BCUT2D eigenvalue weighted by molar-refractivity contribution is 0.743. The quantitative estimate of drug-likeness (QED) is 0.891. The topological polar surface area (TPSA) is 50.4 Å². The molecule has 0 saturated heterocycles. The summed E-state index contributed by atoms with van der Waals surface area (Å²) in [6, 6.07) is 16.1. The molecule has 3 nitrogen and oxygen atoms in total. The van der Waals surface area contributed by atoms with Gasteiger partial charge in [0.2, 0.25) is 0 Å². The van der Waals surface area contributed by atoms with Crippen molar-refractivity contribution in [1.29, 1.82) is 0 Å². The molecule has 2 aromatic carbocycles. The number of aliphatic imine (C=N–C) groups is 1. The van der Waals surface area contributed by atoms with Gasteiger partial charge >= 0.3 is 0 Å². The summed E-state index contributed by atoms with van der Waals surface area (Å²) >= 11 is 6.15. The minimum absolute atomic E-state index is 0.149. The monoisotopic (exact) mass is 285 g/mol. The van der Waals surface area contributed by atoms with Gasteiger partial charge in [0.25, 0.3) is 0 Å². The van der Waals surface area contributed by atoms with Crippen molar-refractivity contribution in [3.63, 3.8) is 0 Å². The molecular weight excluding hydrogens is 270 g/mol. The van der Waals surface area contributed by atoms with Crippen LogP contribution in [0.5, 0.6) is 0 Å². The number of rotatable bonds is 2. The van der Waals surface area contributed by atoms with Gasteiger partial charge in [0.15, 0.2) is 0 Å². The molecule has 1 heterocycles. The lowest BCUT2D eigenvalue weighted by Gasteiger charge is -2.15. The van der Waals surface area contributed by atoms with E-state index in [1.54, 1.807) is 0 Å². The molecule has 2 aromatic rings. The minimum Gasteiger partial charge on any atom is -0.379 e. The summed E-state index contributed by atoms with van der Waals surface area (Å²) in [4.78, 5) is 4.74. The third kappa shape index (κ3) is 2.55. The normalized spacial score (nSPS) is 17.7. The Hall–Kier alpha value is -1.84. The summed E-state index contributed by atoms with van der Waals surface area (Å²) in [6.45, 7) is 1.21. The van der Waals surface area contributed by atoms with E-state index in [-0.39, 0.29) is 6.04 Å². The molecule has 20 heavy (non-hydrogen) atoms. The van der Waals surface area contributed by atoms with Crippen LogP contribution in [0.2, 0.25) is 5.02 Å². The summed E-state index contributed by atoms with van der Waals surface area (Å²) in [5.74, 6) is 0. The highest BCUT2D eigenvalue weighted by Gasteiger charge is 2.18. The van der Waals surface area contributed by atoms with Gasteiger partial charge in [-0.3, -0.25) is 4.99 Å². The van der Waals surface area contributed by atoms with E-state index in [2.05, 4.69) is 17.4 Å². The number of benzene rings is 2. The van der Waals surface area contributed by atoms with Crippen LogP contribution in [-0.2, 0) is 0 Å². The molecule has 0 bridgehead atoms. The highest BCUT2D eigenvalue weighted by molar-refractivity contribution is 6.31. The van der Waals surface area contributed by atoms with Gasteiger partial charge in [-0.2, -0.15) is 0 Å². The second kappa shape index (κ2) is 5.65. The molecule has 0 saturated carbocycles. The van der Waals surface area contributed by atoms with E-state index in [1.807, 2.05) is 36.4 Å². The van der Waals surface area contributed by atoms with Crippen molar-refractivity contribution in [3.8, 4) is 0 Å². The van der Waals surface area contributed by atoms with Crippen molar-refractivity contribution in [2.45, 2.75) is 6.04 Å². The molecule has 3 rings (SSSR count). The number of nitrogens with one attached hydrogen (secondary N) is 1. The van der Waals surface area contributed by atoms with Gasteiger partial charge in [-0.15, -0.1) is 0 Å². The van der Waals surface area contributed by atoms with Crippen molar-refractivity contribution in [3.05, 3.63) is 64.7 Å². The number of nitrogens with zero attached hydrogens (tertiary/aromatic N) is 1. The number of nitrogens with two attached hydrogens (primary N) is 1. The maximum Gasteiger partial charge on any atom is 0.0741 e. The number of hydrogen-bond acceptors (Lipinski definition) is 3. The van der Waals surface area contributed by atoms with Gasteiger partial charge in [0.05, 0.1) is 18.3 Å². The van der Waals surface area contributed by atoms with Crippen molar-refractivity contribution in [2.75, 3.05) is 18.4 Å². The molecule has 1 atom stereocenters. The zero-order valence-electron chi connectivity index (χ0n) is 11.0. The van der Waals surface area contributed by atoms with Gasteiger partial charge in [0, 0.05) is 28.4 Å². The average Bonchev–Trinajstić information content (AvgIpc) is 2.67. The molecule has 0 aliphatic carbocycles. The van der Waals surface area contributed by atoms with Crippen molar-refractivity contribution >= 4 is 23.0 Å². The van der Waals surface area contributed by atoms with Gasteiger partial charge in [-0.1, -0.05) is 41.9 Å². The van der Waals surface area contributed by atoms with Crippen molar-refractivity contribution in [1.82, 2.24) is 0 Å². The lowest BCUT2D eigenvalue weighted by Crippen LogP contribution is -2.31. The zero-order valence-corrected chi connectivity index (χ0v) is 11.8. The van der Waals surface area contributed by atoms with Crippen molar-refractivity contribution < 1.29 is 0 Å². The van der Waals surface area contributed by atoms with Crippen LogP contribution in [0.3, 0.4) is 0 Å². The Labute approximate surface area is 123 Å². The maximum absolute atomic E-state index is 6.15. The van der Waals surface area contributed by atoms with Crippen LogP contribution in [0.15, 0.2) is 53.5 Å². The molecule has 0 spiro atoms. The molecule has 4 heteroatoms. The lowest BCUT2D eigenvalue weighted by atomic mass is 10.0. The first kappa shape index (κ1) is 13.2. The van der Waals surface area contributed by atoms with Crippen LogP contribution >= 0.6 is 11.6 Å². The fourth-order valence-corrected chi connectivity index (χ4v) is 2.54. The van der Waals surface area contributed by atoms with Crippen LogP contribution in [0.4, 0.5) is 5.69 Å². The van der Waals surface area contributed by atoms with Crippen LogP contribution in [0.1, 0.15) is 11.1 Å². The summed E-state index contributed by atoms with van der Waals surface area (Å²) in [5.41, 5.74) is 9.90. The number of anilines is 1. The highest BCUT2D eigenvalue weighted by atomic mass is 35.5. The summed E-state index contributed by atoms with van der Waals surface area (Å²) < 4.78 is 0. The predicted octanol–water partition coefficient (Wildman–Crippen LogP) is 2.93. The van der Waals surface area contributed by atoms with E-state index >= 15 is 0 Å². The Morgan fingerprint density at radius 1 is 1.20 bits per heavy atom. The van der Waals surface area contributed by atoms with E-state index in [4.69, 9.17) is 22.3 Å². The summed E-state index contributed by atoms with van der Waals surface area (Å²) in [7, 11) is 0. The van der Waals surface area contributed by atoms with Gasteiger partial charge in [-0.05, 0) is 18.2 Å². The third-order valence-electron chi connectivity index (χ3n) is 3.40.